The highest BCUT2D eigenvalue weighted by Gasteiger charge is 2.31. The van der Waals surface area contributed by atoms with Gasteiger partial charge in [0.05, 0.1) is 17.8 Å². The van der Waals surface area contributed by atoms with Crippen molar-refractivity contribution < 1.29 is 14.3 Å². The van der Waals surface area contributed by atoms with Gasteiger partial charge >= 0.3 is 0 Å². The van der Waals surface area contributed by atoms with Crippen molar-refractivity contribution in [2.75, 3.05) is 24.7 Å². The summed E-state index contributed by atoms with van der Waals surface area (Å²) in [5.41, 5.74) is 11.7. The lowest BCUT2D eigenvalue weighted by Gasteiger charge is -2.25. The zero-order valence-corrected chi connectivity index (χ0v) is 21.4. The number of nitrogens with two attached hydrogens (primary N) is 1. The summed E-state index contributed by atoms with van der Waals surface area (Å²) in [6, 6.07) is 14.4. The van der Waals surface area contributed by atoms with Crippen LogP contribution >= 0.6 is 0 Å². The maximum atomic E-state index is 12.1. The first-order chi connectivity index (χ1) is 18.7. The number of amides is 1. The fraction of sp³-hybridized carbons (Fsp3) is 0.414. The van der Waals surface area contributed by atoms with Crippen LogP contribution in [0.2, 0.25) is 0 Å². The summed E-state index contributed by atoms with van der Waals surface area (Å²) in [6.45, 7) is 3.06. The van der Waals surface area contributed by atoms with E-state index in [-0.39, 0.29) is 18.2 Å². The number of aromatic nitrogens is 4. The molecule has 2 aromatic carbocycles. The number of rotatable bonds is 5. The molecule has 0 aliphatic carbocycles. The Hall–Kier alpha value is -3.85. The lowest BCUT2D eigenvalue weighted by molar-refractivity contribution is -0.119. The van der Waals surface area contributed by atoms with Crippen LogP contribution in [0, 0.1) is 0 Å². The topological polar surface area (TPSA) is 100 Å². The molecule has 9 heteroatoms. The van der Waals surface area contributed by atoms with Gasteiger partial charge in [0.15, 0.2) is 6.23 Å². The standard InChI is InChI=1S/C29H32N6O3/c30-28(36)24-5-3-13-33(24)21-17-22-27-25(18-21)37-16-4-14-34(27)29(32-22)20-9-7-19(8-10-20)23-11-12-31-35(23)26-6-1-2-15-38-26/h7-12,17-18,24,26H,1-6,13-16H2,(H2,30,36)/t24-,26?/m0/s1. The molecule has 0 saturated carbocycles. The van der Waals surface area contributed by atoms with Crippen molar-refractivity contribution in [1.29, 1.82) is 0 Å². The maximum Gasteiger partial charge on any atom is 0.240 e. The van der Waals surface area contributed by atoms with E-state index >= 15 is 0 Å². The quantitative estimate of drug-likeness (QED) is 0.423. The third-order valence-corrected chi connectivity index (χ3v) is 8.03. The van der Waals surface area contributed by atoms with Crippen LogP contribution in [0.5, 0.6) is 5.75 Å². The summed E-state index contributed by atoms with van der Waals surface area (Å²) in [5.74, 6) is 1.46. The molecule has 38 heavy (non-hydrogen) atoms. The Labute approximate surface area is 221 Å². The third-order valence-electron chi connectivity index (χ3n) is 8.03. The monoisotopic (exact) mass is 512 g/mol. The van der Waals surface area contributed by atoms with E-state index in [0.29, 0.717) is 6.61 Å². The molecular formula is C29H32N6O3. The number of carbonyl (C=O) groups is 1. The van der Waals surface area contributed by atoms with E-state index in [9.17, 15) is 4.79 Å². The van der Waals surface area contributed by atoms with Crippen molar-refractivity contribution >= 4 is 22.6 Å². The van der Waals surface area contributed by atoms with E-state index in [1.807, 2.05) is 16.9 Å². The third kappa shape index (κ3) is 3.93. The number of benzene rings is 2. The Balaban J connectivity index is 1.26. The predicted octanol–water partition coefficient (Wildman–Crippen LogP) is 4.50. The molecule has 3 aliphatic heterocycles. The fourth-order valence-corrected chi connectivity index (χ4v) is 6.19. The van der Waals surface area contributed by atoms with E-state index in [1.54, 1.807) is 0 Å². The molecule has 7 rings (SSSR count). The highest BCUT2D eigenvalue weighted by Crippen LogP contribution is 2.39. The Morgan fingerprint density at radius 2 is 1.82 bits per heavy atom. The van der Waals surface area contributed by atoms with Gasteiger partial charge in [0.25, 0.3) is 0 Å². The number of nitrogens with zero attached hydrogens (tertiary/aromatic N) is 5. The van der Waals surface area contributed by atoms with Crippen LogP contribution in [0.15, 0.2) is 48.7 Å². The normalized spacial score (nSPS) is 21.4. The molecule has 1 amide bonds. The maximum absolute atomic E-state index is 12.1. The van der Waals surface area contributed by atoms with Crippen LogP contribution in [0.25, 0.3) is 33.7 Å². The molecule has 1 unspecified atom stereocenters. The lowest BCUT2D eigenvalue weighted by atomic mass is 10.1. The molecule has 3 aliphatic rings. The molecule has 2 N–H and O–H groups in total. The van der Waals surface area contributed by atoms with Crippen molar-refractivity contribution in [2.24, 2.45) is 5.73 Å². The van der Waals surface area contributed by atoms with Gasteiger partial charge in [-0.1, -0.05) is 24.3 Å². The minimum Gasteiger partial charge on any atom is -0.491 e. The van der Waals surface area contributed by atoms with Crippen LogP contribution < -0.4 is 15.4 Å². The number of ether oxygens (including phenoxy) is 2. The smallest absolute Gasteiger partial charge is 0.240 e. The SMILES string of the molecule is NC(=O)[C@@H]1CCCN1c1cc2c3c(c1)nc(-c1ccc(-c4ccnn4C4CCCCO4)cc1)n3CCCO2. The number of anilines is 1. The Kier molecular flexibility index (Phi) is 5.80. The molecular weight excluding hydrogens is 480 g/mol. The van der Waals surface area contributed by atoms with Gasteiger partial charge in [0.1, 0.15) is 23.1 Å². The van der Waals surface area contributed by atoms with Gasteiger partial charge in [-0.25, -0.2) is 9.67 Å². The van der Waals surface area contributed by atoms with E-state index in [0.717, 1.165) is 103 Å². The van der Waals surface area contributed by atoms with Gasteiger partial charge in [-0.05, 0) is 56.2 Å². The van der Waals surface area contributed by atoms with Crippen LogP contribution in [0.4, 0.5) is 5.69 Å². The van der Waals surface area contributed by atoms with E-state index in [1.165, 1.54) is 0 Å². The average Bonchev–Trinajstić information content (AvgIpc) is 3.67. The van der Waals surface area contributed by atoms with Gasteiger partial charge in [-0.2, -0.15) is 5.10 Å². The number of aryl methyl sites for hydroxylation is 1. The minimum absolute atomic E-state index is 0.00313. The van der Waals surface area contributed by atoms with Gasteiger partial charge in [0, 0.05) is 43.2 Å². The summed E-state index contributed by atoms with van der Waals surface area (Å²) < 4.78 is 16.4. The molecule has 0 radical (unpaired) electrons. The Morgan fingerprint density at radius 3 is 2.63 bits per heavy atom. The molecule has 5 heterocycles. The molecule has 0 bridgehead atoms. The number of carbonyl (C=O) groups excluding carboxylic acids is 1. The van der Waals surface area contributed by atoms with Crippen molar-refractivity contribution in [1.82, 2.24) is 19.3 Å². The van der Waals surface area contributed by atoms with E-state index < -0.39 is 0 Å². The largest absolute Gasteiger partial charge is 0.491 e. The average molecular weight is 513 g/mol. The van der Waals surface area contributed by atoms with Gasteiger partial charge in [-0.15, -0.1) is 0 Å². The lowest BCUT2D eigenvalue weighted by Crippen LogP contribution is -2.40. The van der Waals surface area contributed by atoms with Gasteiger partial charge < -0.3 is 24.7 Å². The first kappa shape index (κ1) is 23.3. The van der Waals surface area contributed by atoms with E-state index in [4.69, 9.17) is 20.2 Å². The Morgan fingerprint density at radius 1 is 0.947 bits per heavy atom. The highest BCUT2D eigenvalue weighted by atomic mass is 16.5. The summed E-state index contributed by atoms with van der Waals surface area (Å²) in [5, 5.41) is 4.57. The van der Waals surface area contributed by atoms with Gasteiger partial charge in [-0.3, -0.25) is 4.79 Å². The fourth-order valence-electron chi connectivity index (χ4n) is 6.19. The molecule has 2 aromatic heterocycles. The molecule has 9 nitrogen and oxygen atoms in total. The summed E-state index contributed by atoms with van der Waals surface area (Å²) in [7, 11) is 0. The van der Waals surface area contributed by atoms with Crippen LogP contribution in [0.3, 0.4) is 0 Å². The van der Waals surface area contributed by atoms with Crippen molar-refractivity contribution in [3.63, 3.8) is 0 Å². The number of primary amides is 1. The second-order valence-electron chi connectivity index (χ2n) is 10.4. The Bertz CT molecular complexity index is 1480. The first-order valence-corrected chi connectivity index (χ1v) is 13.7. The molecule has 196 valence electrons. The number of hydrogen-bond acceptors (Lipinski definition) is 6. The van der Waals surface area contributed by atoms with Crippen LogP contribution in [-0.2, 0) is 16.1 Å². The second kappa shape index (κ2) is 9.47. The van der Waals surface area contributed by atoms with Crippen molar-refractivity contribution in [3.8, 4) is 28.4 Å². The molecule has 2 fully saturated rings. The zero-order chi connectivity index (χ0) is 25.6. The first-order valence-electron chi connectivity index (χ1n) is 13.7. The van der Waals surface area contributed by atoms with Crippen molar-refractivity contribution in [2.45, 2.75) is 57.3 Å². The second-order valence-corrected chi connectivity index (χ2v) is 10.4. The van der Waals surface area contributed by atoms with Crippen LogP contribution in [-0.4, -0.2) is 51.0 Å². The molecule has 4 aromatic rings. The molecule has 0 spiro atoms. The number of imidazole rings is 1. The van der Waals surface area contributed by atoms with Crippen LogP contribution in [0.1, 0.15) is 44.8 Å². The minimum atomic E-state index is -0.285. The molecule has 2 saturated heterocycles. The highest BCUT2D eigenvalue weighted by molar-refractivity contribution is 5.91. The summed E-state index contributed by atoms with van der Waals surface area (Å²) in [4.78, 5) is 19.2. The van der Waals surface area contributed by atoms with Crippen molar-refractivity contribution in [3.05, 3.63) is 48.7 Å². The van der Waals surface area contributed by atoms with Gasteiger partial charge in [0.2, 0.25) is 5.91 Å². The molecule has 2 atom stereocenters. The summed E-state index contributed by atoms with van der Waals surface area (Å²) in [6.07, 6.45) is 7.72. The summed E-state index contributed by atoms with van der Waals surface area (Å²) >= 11 is 0. The zero-order valence-electron chi connectivity index (χ0n) is 21.4. The number of hydrogen-bond donors (Lipinski definition) is 1. The predicted molar refractivity (Wildman–Crippen MR) is 145 cm³/mol. The van der Waals surface area contributed by atoms with E-state index in [2.05, 4.69) is 51.0 Å².